The highest BCUT2D eigenvalue weighted by Crippen LogP contribution is 2.18. The van der Waals surface area contributed by atoms with E-state index >= 15 is 0 Å². The lowest BCUT2D eigenvalue weighted by atomic mass is 10.3. The van der Waals surface area contributed by atoms with Crippen LogP contribution < -0.4 is 4.87 Å². The molecule has 6 heteroatoms. The fourth-order valence-electron chi connectivity index (χ4n) is 1.32. The molecule has 0 amide bonds. The van der Waals surface area contributed by atoms with Crippen LogP contribution in [-0.4, -0.2) is 15.6 Å². The molecule has 2 aromatic rings. The zero-order valence-corrected chi connectivity index (χ0v) is 8.25. The van der Waals surface area contributed by atoms with Crippen molar-refractivity contribution >= 4 is 27.5 Å². The summed E-state index contributed by atoms with van der Waals surface area (Å²) in [4.78, 5) is 21.5. The SMILES string of the molecule is O=C(O)Cn1c(=O)sc2ccc(F)cc21. The summed E-state index contributed by atoms with van der Waals surface area (Å²) in [5.41, 5.74) is 0.326. The molecule has 0 radical (unpaired) electrons. The van der Waals surface area contributed by atoms with Gasteiger partial charge in [0.05, 0.1) is 10.2 Å². The predicted octanol–water partition coefficient (Wildman–Crippen LogP) is 1.29. The lowest BCUT2D eigenvalue weighted by molar-refractivity contribution is -0.137. The van der Waals surface area contributed by atoms with Gasteiger partial charge in [-0.25, -0.2) is 4.39 Å². The Morgan fingerprint density at radius 3 is 2.93 bits per heavy atom. The molecule has 15 heavy (non-hydrogen) atoms. The number of nitrogens with zero attached hydrogens (tertiary/aromatic N) is 1. The van der Waals surface area contributed by atoms with Crippen molar-refractivity contribution in [3.05, 3.63) is 33.7 Å². The van der Waals surface area contributed by atoms with Crippen molar-refractivity contribution < 1.29 is 14.3 Å². The zero-order chi connectivity index (χ0) is 11.0. The number of hydrogen-bond acceptors (Lipinski definition) is 3. The maximum atomic E-state index is 12.9. The van der Waals surface area contributed by atoms with E-state index < -0.39 is 23.2 Å². The number of carboxylic acid groups (broad SMARTS) is 1. The minimum atomic E-state index is -1.12. The molecule has 0 aliphatic heterocycles. The number of aliphatic carboxylic acids is 1. The third-order valence-corrected chi connectivity index (χ3v) is 2.88. The second kappa shape index (κ2) is 3.47. The Bertz CT molecular complexity index is 587. The maximum Gasteiger partial charge on any atom is 0.323 e. The topological polar surface area (TPSA) is 59.3 Å². The first-order valence-electron chi connectivity index (χ1n) is 4.08. The first-order valence-corrected chi connectivity index (χ1v) is 4.90. The van der Waals surface area contributed by atoms with Crippen LogP contribution in [0.3, 0.4) is 0 Å². The maximum absolute atomic E-state index is 12.9. The van der Waals surface area contributed by atoms with Crippen LogP contribution in [0, 0.1) is 5.82 Å². The van der Waals surface area contributed by atoms with Crippen molar-refractivity contribution in [2.75, 3.05) is 0 Å². The quantitative estimate of drug-likeness (QED) is 0.840. The Hall–Kier alpha value is -1.69. The lowest BCUT2D eigenvalue weighted by Crippen LogP contribution is -2.18. The van der Waals surface area contributed by atoms with Crippen LogP contribution in [0.25, 0.3) is 10.2 Å². The van der Waals surface area contributed by atoms with Crippen LogP contribution in [0.5, 0.6) is 0 Å². The highest BCUT2D eigenvalue weighted by Gasteiger charge is 2.10. The summed E-state index contributed by atoms with van der Waals surface area (Å²) in [5, 5.41) is 8.59. The number of aromatic nitrogens is 1. The molecule has 1 aromatic heterocycles. The van der Waals surface area contributed by atoms with Crippen LogP contribution in [0.4, 0.5) is 4.39 Å². The third kappa shape index (κ3) is 1.75. The number of hydrogen-bond donors (Lipinski definition) is 1. The summed E-state index contributed by atoms with van der Waals surface area (Å²) in [5.74, 6) is -1.61. The number of halogens is 1. The Balaban J connectivity index is 2.70. The summed E-state index contributed by atoms with van der Waals surface area (Å²) < 4.78 is 14.5. The molecule has 1 heterocycles. The van der Waals surface area contributed by atoms with Crippen molar-refractivity contribution in [2.24, 2.45) is 0 Å². The summed E-state index contributed by atoms with van der Waals surface area (Å²) in [7, 11) is 0. The number of carbonyl (C=O) groups is 1. The lowest BCUT2D eigenvalue weighted by Gasteiger charge is -1.98. The fraction of sp³-hybridized carbons (Fsp3) is 0.111. The van der Waals surface area contributed by atoms with Crippen LogP contribution in [0.2, 0.25) is 0 Å². The second-order valence-electron chi connectivity index (χ2n) is 2.96. The van der Waals surface area contributed by atoms with E-state index in [9.17, 15) is 14.0 Å². The molecule has 78 valence electrons. The first-order chi connectivity index (χ1) is 7.08. The monoisotopic (exact) mass is 227 g/mol. The van der Waals surface area contributed by atoms with Gasteiger partial charge in [0.1, 0.15) is 12.4 Å². The standard InChI is InChI=1S/C9H6FNO3S/c10-5-1-2-7-6(3-5)11(4-8(12)13)9(14)15-7/h1-3H,4H2,(H,12,13). The van der Waals surface area contributed by atoms with E-state index in [1.165, 1.54) is 12.1 Å². The molecule has 0 spiro atoms. The van der Waals surface area contributed by atoms with Gasteiger partial charge in [0.15, 0.2) is 0 Å². The van der Waals surface area contributed by atoms with E-state index in [0.29, 0.717) is 10.2 Å². The summed E-state index contributed by atoms with van der Waals surface area (Å²) in [6.07, 6.45) is 0. The van der Waals surface area contributed by atoms with Gasteiger partial charge < -0.3 is 5.11 Å². The van der Waals surface area contributed by atoms with Gasteiger partial charge in [-0.05, 0) is 18.2 Å². The molecular formula is C9H6FNO3S. The van der Waals surface area contributed by atoms with Crippen LogP contribution in [0.1, 0.15) is 0 Å². The van der Waals surface area contributed by atoms with Gasteiger partial charge in [0.2, 0.25) is 0 Å². The van der Waals surface area contributed by atoms with Crippen molar-refractivity contribution in [2.45, 2.75) is 6.54 Å². The zero-order valence-electron chi connectivity index (χ0n) is 7.44. The Labute approximate surface area is 87.2 Å². The third-order valence-electron chi connectivity index (χ3n) is 1.92. The van der Waals surface area contributed by atoms with Gasteiger partial charge in [0, 0.05) is 0 Å². The molecule has 2 rings (SSSR count). The average Bonchev–Trinajstić information content (AvgIpc) is 2.43. The van der Waals surface area contributed by atoms with E-state index in [4.69, 9.17) is 5.11 Å². The van der Waals surface area contributed by atoms with E-state index in [2.05, 4.69) is 0 Å². The molecule has 0 saturated carbocycles. The van der Waals surface area contributed by atoms with Gasteiger partial charge in [0.25, 0.3) is 0 Å². The molecule has 0 unspecified atom stereocenters. The average molecular weight is 227 g/mol. The molecule has 0 aliphatic rings. The molecule has 1 aromatic carbocycles. The predicted molar refractivity (Wildman–Crippen MR) is 53.7 cm³/mol. The molecular weight excluding hydrogens is 221 g/mol. The molecule has 4 nitrogen and oxygen atoms in total. The normalized spacial score (nSPS) is 10.7. The molecule has 1 N–H and O–H groups in total. The van der Waals surface area contributed by atoms with Gasteiger partial charge in [-0.3, -0.25) is 14.2 Å². The number of benzene rings is 1. The Kier molecular flexibility index (Phi) is 2.28. The number of fused-ring (bicyclic) bond motifs is 1. The summed E-state index contributed by atoms with van der Waals surface area (Å²) in [6, 6.07) is 3.87. The molecule has 0 aliphatic carbocycles. The minimum Gasteiger partial charge on any atom is -0.480 e. The van der Waals surface area contributed by atoms with Crippen molar-refractivity contribution in [1.29, 1.82) is 0 Å². The molecule has 0 saturated heterocycles. The summed E-state index contributed by atoms with van der Waals surface area (Å²) >= 11 is 0.907. The smallest absolute Gasteiger partial charge is 0.323 e. The minimum absolute atomic E-state index is 0.326. The van der Waals surface area contributed by atoms with Crippen LogP contribution in [0.15, 0.2) is 23.0 Å². The highest BCUT2D eigenvalue weighted by atomic mass is 32.1. The highest BCUT2D eigenvalue weighted by molar-refractivity contribution is 7.16. The van der Waals surface area contributed by atoms with Gasteiger partial charge in [-0.1, -0.05) is 11.3 Å². The largest absolute Gasteiger partial charge is 0.480 e. The number of carboxylic acids is 1. The molecule has 0 fully saturated rings. The fourth-order valence-corrected chi connectivity index (χ4v) is 2.19. The van der Waals surface area contributed by atoms with Crippen molar-refractivity contribution in [1.82, 2.24) is 4.57 Å². The van der Waals surface area contributed by atoms with Gasteiger partial charge >= 0.3 is 10.8 Å². The first kappa shape index (κ1) is 9.85. The van der Waals surface area contributed by atoms with E-state index in [0.717, 1.165) is 22.0 Å². The number of thiazole rings is 1. The van der Waals surface area contributed by atoms with E-state index in [1.54, 1.807) is 0 Å². The number of rotatable bonds is 2. The van der Waals surface area contributed by atoms with Crippen LogP contribution >= 0.6 is 11.3 Å². The van der Waals surface area contributed by atoms with Crippen molar-refractivity contribution in [3.63, 3.8) is 0 Å². The van der Waals surface area contributed by atoms with Crippen molar-refractivity contribution in [3.8, 4) is 0 Å². The molecule has 0 atom stereocenters. The van der Waals surface area contributed by atoms with E-state index in [-0.39, 0.29) is 0 Å². The van der Waals surface area contributed by atoms with E-state index in [1.807, 2.05) is 0 Å². The second-order valence-corrected chi connectivity index (χ2v) is 3.95. The summed E-state index contributed by atoms with van der Waals surface area (Å²) in [6.45, 7) is -0.442. The Morgan fingerprint density at radius 2 is 2.27 bits per heavy atom. The van der Waals surface area contributed by atoms with Gasteiger partial charge in [-0.15, -0.1) is 0 Å². The van der Waals surface area contributed by atoms with Crippen LogP contribution in [-0.2, 0) is 11.3 Å². The Morgan fingerprint density at radius 1 is 1.53 bits per heavy atom. The van der Waals surface area contributed by atoms with Gasteiger partial charge in [-0.2, -0.15) is 0 Å². The molecule has 0 bridgehead atoms.